The van der Waals surface area contributed by atoms with Crippen molar-refractivity contribution in [2.75, 3.05) is 6.61 Å². The predicted molar refractivity (Wildman–Crippen MR) is 61.3 cm³/mol. The summed E-state index contributed by atoms with van der Waals surface area (Å²) in [6.45, 7) is 2.29. The Morgan fingerprint density at radius 1 is 1.59 bits per heavy atom. The predicted octanol–water partition coefficient (Wildman–Crippen LogP) is 2.06. The first-order valence-corrected chi connectivity index (χ1v) is 6.82. The quantitative estimate of drug-likeness (QED) is 0.417. The maximum Gasteiger partial charge on any atom is 0.338 e. The number of carbonyl (C=O) groups excluding carboxylic acids is 1. The van der Waals surface area contributed by atoms with Gasteiger partial charge in [-0.3, -0.25) is 0 Å². The van der Waals surface area contributed by atoms with Gasteiger partial charge in [0.1, 0.15) is 5.60 Å². The number of fused-ring (bicyclic) bond motifs is 6. The lowest BCUT2D eigenvalue weighted by molar-refractivity contribution is -0.144. The molecule has 92 valence electrons. The standard InChI is InChI=1S/C14H18O3/c1-2-16-13(15)12-14(17-12)7-8-6-11(14)10-5-3-4-9(8)10/h7,9-12H,2-6H2,1H3. The Balaban J connectivity index is 1.59. The van der Waals surface area contributed by atoms with Crippen LogP contribution in [0.4, 0.5) is 0 Å². The topological polar surface area (TPSA) is 38.8 Å². The van der Waals surface area contributed by atoms with E-state index in [0.29, 0.717) is 12.5 Å². The maximum atomic E-state index is 11.8. The zero-order valence-corrected chi connectivity index (χ0v) is 10.1. The molecule has 0 N–H and O–H groups in total. The second kappa shape index (κ2) is 3.14. The summed E-state index contributed by atoms with van der Waals surface area (Å²) in [5, 5.41) is 0. The summed E-state index contributed by atoms with van der Waals surface area (Å²) in [7, 11) is 0. The van der Waals surface area contributed by atoms with E-state index in [4.69, 9.17) is 9.47 Å². The van der Waals surface area contributed by atoms with E-state index in [-0.39, 0.29) is 17.7 Å². The van der Waals surface area contributed by atoms with Crippen molar-refractivity contribution < 1.29 is 14.3 Å². The van der Waals surface area contributed by atoms with Crippen molar-refractivity contribution in [2.45, 2.75) is 44.3 Å². The molecule has 3 nitrogen and oxygen atoms in total. The van der Waals surface area contributed by atoms with Crippen LogP contribution >= 0.6 is 0 Å². The third-order valence-electron chi connectivity index (χ3n) is 5.18. The highest BCUT2D eigenvalue weighted by Crippen LogP contribution is 2.66. The van der Waals surface area contributed by atoms with Crippen LogP contribution in [-0.4, -0.2) is 24.3 Å². The first-order chi connectivity index (χ1) is 8.26. The van der Waals surface area contributed by atoms with Crippen LogP contribution in [-0.2, 0) is 14.3 Å². The van der Waals surface area contributed by atoms with Crippen molar-refractivity contribution >= 4 is 5.97 Å². The van der Waals surface area contributed by atoms with Crippen LogP contribution in [0.3, 0.4) is 0 Å². The summed E-state index contributed by atoms with van der Waals surface area (Å²) >= 11 is 0. The zero-order chi connectivity index (χ0) is 11.6. The van der Waals surface area contributed by atoms with Gasteiger partial charge in [-0.2, -0.15) is 0 Å². The number of carbonyl (C=O) groups is 1. The average molecular weight is 234 g/mol. The van der Waals surface area contributed by atoms with Gasteiger partial charge in [-0.25, -0.2) is 4.79 Å². The van der Waals surface area contributed by atoms with Gasteiger partial charge >= 0.3 is 5.97 Å². The molecule has 4 aliphatic rings. The van der Waals surface area contributed by atoms with Crippen LogP contribution in [0.1, 0.15) is 32.6 Å². The Morgan fingerprint density at radius 2 is 2.47 bits per heavy atom. The average Bonchev–Trinajstić information content (AvgIpc) is 2.69. The Hall–Kier alpha value is -0.830. The molecule has 1 aliphatic heterocycles. The van der Waals surface area contributed by atoms with E-state index in [1.165, 1.54) is 25.7 Å². The molecule has 0 radical (unpaired) electrons. The number of hydrogen-bond donors (Lipinski definition) is 0. The van der Waals surface area contributed by atoms with Crippen LogP contribution in [0.5, 0.6) is 0 Å². The minimum atomic E-state index is -0.300. The molecule has 3 fully saturated rings. The molecule has 2 bridgehead atoms. The molecule has 5 atom stereocenters. The molecular formula is C14H18O3. The number of allylic oxidation sites excluding steroid dienone is 1. The van der Waals surface area contributed by atoms with Crippen molar-refractivity contribution in [3.8, 4) is 0 Å². The minimum absolute atomic E-state index is 0.161. The van der Waals surface area contributed by atoms with E-state index in [0.717, 1.165) is 11.8 Å². The molecule has 0 aromatic rings. The lowest BCUT2D eigenvalue weighted by Crippen LogP contribution is -2.32. The molecule has 0 aromatic heterocycles. The summed E-state index contributed by atoms with van der Waals surface area (Å²) in [6, 6.07) is 0. The van der Waals surface area contributed by atoms with Crippen LogP contribution in [0.25, 0.3) is 0 Å². The second-order valence-electron chi connectivity index (χ2n) is 5.83. The van der Waals surface area contributed by atoms with Crippen molar-refractivity contribution in [1.82, 2.24) is 0 Å². The monoisotopic (exact) mass is 234 g/mol. The fourth-order valence-corrected chi connectivity index (χ4v) is 4.56. The van der Waals surface area contributed by atoms with Gasteiger partial charge in [0, 0.05) is 5.92 Å². The molecule has 5 unspecified atom stereocenters. The Kier molecular flexibility index (Phi) is 1.87. The zero-order valence-electron chi connectivity index (χ0n) is 10.1. The van der Waals surface area contributed by atoms with Gasteiger partial charge in [0.2, 0.25) is 0 Å². The lowest BCUT2D eigenvalue weighted by atomic mass is 9.78. The molecule has 3 heteroatoms. The number of epoxide rings is 1. The van der Waals surface area contributed by atoms with Gasteiger partial charge in [-0.15, -0.1) is 0 Å². The molecule has 3 aliphatic carbocycles. The smallest absolute Gasteiger partial charge is 0.338 e. The van der Waals surface area contributed by atoms with Crippen molar-refractivity contribution in [3.05, 3.63) is 11.6 Å². The molecule has 1 spiro atoms. The molecule has 1 heterocycles. The van der Waals surface area contributed by atoms with Gasteiger partial charge in [0.15, 0.2) is 6.10 Å². The van der Waals surface area contributed by atoms with Gasteiger partial charge in [-0.05, 0) is 44.1 Å². The highest BCUT2D eigenvalue weighted by molar-refractivity contribution is 5.81. The van der Waals surface area contributed by atoms with Gasteiger partial charge in [0.25, 0.3) is 0 Å². The molecule has 2 saturated carbocycles. The van der Waals surface area contributed by atoms with Gasteiger partial charge in [-0.1, -0.05) is 12.0 Å². The van der Waals surface area contributed by atoms with Crippen LogP contribution in [0, 0.1) is 17.8 Å². The normalized spacial score (nSPS) is 49.4. The largest absolute Gasteiger partial charge is 0.464 e. The number of rotatable bonds is 2. The SMILES string of the molecule is CCOC(=O)C1OC12C=C1CC2C2CCCC12. The third kappa shape index (κ3) is 1.13. The second-order valence-corrected chi connectivity index (χ2v) is 5.83. The highest BCUT2D eigenvalue weighted by Gasteiger charge is 2.71. The summed E-state index contributed by atoms with van der Waals surface area (Å²) in [5.41, 5.74) is 1.33. The number of ether oxygens (including phenoxy) is 2. The number of esters is 1. The van der Waals surface area contributed by atoms with Gasteiger partial charge in [0.05, 0.1) is 6.61 Å². The van der Waals surface area contributed by atoms with Crippen LogP contribution in [0.2, 0.25) is 0 Å². The number of hydrogen-bond acceptors (Lipinski definition) is 3. The van der Waals surface area contributed by atoms with Crippen LogP contribution in [0.15, 0.2) is 11.6 Å². The molecule has 0 amide bonds. The van der Waals surface area contributed by atoms with E-state index in [1.54, 1.807) is 5.57 Å². The maximum absolute atomic E-state index is 11.8. The Morgan fingerprint density at radius 3 is 3.29 bits per heavy atom. The fraction of sp³-hybridized carbons (Fsp3) is 0.786. The van der Waals surface area contributed by atoms with E-state index < -0.39 is 0 Å². The fourth-order valence-electron chi connectivity index (χ4n) is 4.56. The summed E-state index contributed by atoms with van der Waals surface area (Å²) in [5.74, 6) is 2.01. The Bertz CT molecular complexity index is 414. The van der Waals surface area contributed by atoms with E-state index in [9.17, 15) is 4.79 Å². The minimum Gasteiger partial charge on any atom is -0.464 e. The summed E-state index contributed by atoms with van der Waals surface area (Å²) in [6.07, 6.45) is 7.17. The summed E-state index contributed by atoms with van der Waals surface area (Å²) in [4.78, 5) is 11.8. The van der Waals surface area contributed by atoms with E-state index in [1.807, 2.05) is 6.92 Å². The first kappa shape index (κ1) is 10.1. The molecular weight excluding hydrogens is 216 g/mol. The van der Waals surface area contributed by atoms with Crippen molar-refractivity contribution in [3.63, 3.8) is 0 Å². The van der Waals surface area contributed by atoms with E-state index >= 15 is 0 Å². The summed E-state index contributed by atoms with van der Waals surface area (Å²) < 4.78 is 10.8. The third-order valence-corrected chi connectivity index (χ3v) is 5.18. The lowest BCUT2D eigenvalue weighted by Gasteiger charge is -2.25. The molecule has 4 rings (SSSR count). The van der Waals surface area contributed by atoms with Gasteiger partial charge < -0.3 is 9.47 Å². The van der Waals surface area contributed by atoms with Crippen molar-refractivity contribution in [2.24, 2.45) is 17.8 Å². The first-order valence-electron chi connectivity index (χ1n) is 6.82. The van der Waals surface area contributed by atoms with E-state index in [2.05, 4.69) is 6.08 Å². The molecule has 17 heavy (non-hydrogen) atoms. The van der Waals surface area contributed by atoms with Crippen LogP contribution < -0.4 is 0 Å². The Labute approximate surface area is 101 Å². The highest BCUT2D eigenvalue weighted by atomic mass is 16.7. The molecule has 1 saturated heterocycles. The molecule has 0 aromatic carbocycles. The van der Waals surface area contributed by atoms with Crippen molar-refractivity contribution in [1.29, 1.82) is 0 Å².